The molecule has 0 spiro atoms. The predicted octanol–water partition coefficient (Wildman–Crippen LogP) is 3.93. The third-order valence-corrected chi connectivity index (χ3v) is 2.98. The van der Waals surface area contributed by atoms with Gasteiger partial charge in [0.2, 0.25) is 0 Å². The average Bonchev–Trinajstić information content (AvgIpc) is 2.98. The summed E-state index contributed by atoms with van der Waals surface area (Å²) in [5.74, 6) is 0.892. The molecule has 0 aliphatic carbocycles. The second-order valence-electron chi connectivity index (χ2n) is 4.56. The zero-order chi connectivity index (χ0) is 14.7. The fraction of sp³-hybridized carbons (Fsp3) is 0.0588. The van der Waals surface area contributed by atoms with Gasteiger partial charge in [0.05, 0.1) is 0 Å². The predicted molar refractivity (Wildman–Crippen MR) is 78.7 cm³/mol. The maximum atomic E-state index is 10.9. The summed E-state index contributed by atoms with van der Waals surface area (Å²) in [6, 6.07) is 18.8. The minimum atomic E-state index is -0.337. The molecular weight excluding hydrogens is 266 g/mol. The summed E-state index contributed by atoms with van der Waals surface area (Å²) < 4.78 is 10.4. The summed E-state index contributed by atoms with van der Waals surface area (Å²) >= 11 is 0. The molecule has 0 saturated carbocycles. The Morgan fingerprint density at radius 2 is 1.71 bits per heavy atom. The van der Waals surface area contributed by atoms with Crippen LogP contribution in [0.1, 0.15) is 6.92 Å². The molecule has 3 aromatic rings. The van der Waals surface area contributed by atoms with Gasteiger partial charge < -0.3 is 9.26 Å². The van der Waals surface area contributed by atoms with Gasteiger partial charge in [0.15, 0.2) is 5.76 Å². The summed E-state index contributed by atoms with van der Waals surface area (Å²) in [7, 11) is 0. The molecule has 104 valence electrons. The summed E-state index contributed by atoms with van der Waals surface area (Å²) in [6.45, 7) is 1.37. The third kappa shape index (κ3) is 3.00. The number of aromatic nitrogens is 1. The number of rotatable bonds is 3. The number of nitrogens with zero attached hydrogens (tertiary/aromatic N) is 1. The SMILES string of the molecule is CC(=O)Oc1ccc(-c2cc(-c3ccccc3)on2)cc1. The molecule has 0 fully saturated rings. The lowest BCUT2D eigenvalue weighted by Gasteiger charge is -2.01. The van der Waals surface area contributed by atoms with Crippen LogP contribution in [0.15, 0.2) is 65.2 Å². The first-order valence-electron chi connectivity index (χ1n) is 6.53. The molecule has 3 rings (SSSR count). The second kappa shape index (κ2) is 5.63. The summed E-state index contributed by atoms with van der Waals surface area (Å²) in [6.07, 6.45) is 0. The Balaban J connectivity index is 1.85. The first kappa shape index (κ1) is 13.1. The van der Waals surface area contributed by atoms with Crippen LogP contribution in [0.3, 0.4) is 0 Å². The Morgan fingerprint density at radius 1 is 1.00 bits per heavy atom. The van der Waals surface area contributed by atoms with Crippen LogP contribution in [0.25, 0.3) is 22.6 Å². The van der Waals surface area contributed by atoms with Crippen molar-refractivity contribution in [1.29, 1.82) is 0 Å². The summed E-state index contributed by atoms with van der Waals surface area (Å²) in [4.78, 5) is 10.9. The number of ether oxygens (including phenoxy) is 1. The van der Waals surface area contributed by atoms with Gasteiger partial charge in [-0.1, -0.05) is 35.5 Å². The van der Waals surface area contributed by atoms with Crippen molar-refractivity contribution in [2.45, 2.75) is 6.92 Å². The fourth-order valence-corrected chi connectivity index (χ4v) is 2.01. The first-order valence-corrected chi connectivity index (χ1v) is 6.53. The lowest BCUT2D eigenvalue weighted by Crippen LogP contribution is -2.00. The molecule has 2 aromatic carbocycles. The molecular formula is C17H13NO3. The van der Waals surface area contributed by atoms with Crippen molar-refractivity contribution >= 4 is 5.97 Å². The largest absolute Gasteiger partial charge is 0.427 e. The van der Waals surface area contributed by atoms with Crippen LogP contribution in [0.4, 0.5) is 0 Å². The molecule has 4 nitrogen and oxygen atoms in total. The van der Waals surface area contributed by atoms with E-state index in [-0.39, 0.29) is 5.97 Å². The van der Waals surface area contributed by atoms with Gasteiger partial charge in [0, 0.05) is 24.1 Å². The van der Waals surface area contributed by atoms with Crippen molar-refractivity contribution < 1.29 is 14.1 Å². The van der Waals surface area contributed by atoms with Crippen LogP contribution in [0.5, 0.6) is 5.75 Å². The van der Waals surface area contributed by atoms with E-state index >= 15 is 0 Å². The Morgan fingerprint density at radius 3 is 2.38 bits per heavy atom. The number of esters is 1. The molecule has 21 heavy (non-hydrogen) atoms. The molecule has 0 amide bonds. The molecule has 0 bridgehead atoms. The Labute approximate surface area is 122 Å². The highest BCUT2D eigenvalue weighted by atomic mass is 16.5. The normalized spacial score (nSPS) is 10.3. The van der Waals surface area contributed by atoms with E-state index in [2.05, 4.69) is 5.16 Å². The Bertz CT molecular complexity index is 745. The van der Waals surface area contributed by atoms with Gasteiger partial charge in [-0.2, -0.15) is 0 Å². The molecule has 0 saturated heterocycles. The van der Waals surface area contributed by atoms with E-state index in [4.69, 9.17) is 9.26 Å². The maximum Gasteiger partial charge on any atom is 0.308 e. The summed E-state index contributed by atoms with van der Waals surface area (Å²) in [5.41, 5.74) is 2.62. The molecule has 0 unspecified atom stereocenters. The topological polar surface area (TPSA) is 52.3 Å². The Hall–Kier alpha value is -2.88. The van der Waals surface area contributed by atoms with Crippen molar-refractivity contribution in [2.24, 2.45) is 0 Å². The van der Waals surface area contributed by atoms with E-state index in [0.717, 1.165) is 22.6 Å². The zero-order valence-corrected chi connectivity index (χ0v) is 11.4. The lowest BCUT2D eigenvalue weighted by molar-refractivity contribution is -0.131. The second-order valence-corrected chi connectivity index (χ2v) is 4.56. The quantitative estimate of drug-likeness (QED) is 0.538. The molecule has 1 aromatic heterocycles. The minimum absolute atomic E-state index is 0.337. The van der Waals surface area contributed by atoms with Crippen molar-refractivity contribution in [3.05, 3.63) is 60.7 Å². The average molecular weight is 279 g/mol. The highest BCUT2D eigenvalue weighted by Gasteiger charge is 2.08. The summed E-state index contributed by atoms with van der Waals surface area (Å²) in [5, 5.41) is 4.07. The third-order valence-electron chi connectivity index (χ3n) is 2.98. The minimum Gasteiger partial charge on any atom is -0.427 e. The first-order chi connectivity index (χ1) is 10.2. The molecule has 1 heterocycles. The van der Waals surface area contributed by atoms with E-state index in [1.165, 1.54) is 6.92 Å². The van der Waals surface area contributed by atoms with E-state index in [9.17, 15) is 4.79 Å². The van der Waals surface area contributed by atoms with E-state index in [1.807, 2.05) is 48.5 Å². The van der Waals surface area contributed by atoms with Crippen LogP contribution in [0.2, 0.25) is 0 Å². The van der Waals surface area contributed by atoms with E-state index in [0.29, 0.717) is 5.75 Å². The van der Waals surface area contributed by atoms with Crippen molar-refractivity contribution in [3.63, 3.8) is 0 Å². The van der Waals surface area contributed by atoms with Crippen LogP contribution in [0, 0.1) is 0 Å². The van der Waals surface area contributed by atoms with Gasteiger partial charge in [0.1, 0.15) is 11.4 Å². The molecule has 0 aliphatic rings. The molecule has 0 radical (unpaired) electrons. The molecule has 0 aliphatic heterocycles. The van der Waals surface area contributed by atoms with E-state index in [1.54, 1.807) is 12.1 Å². The zero-order valence-electron chi connectivity index (χ0n) is 11.4. The van der Waals surface area contributed by atoms with Crippen LogP contribution < -0.4 is 4.74 Å². The molecule has 0 N–H and O–H groups in total. The van der Waals surface area contributed by atoms with Crippen molar-refractivity contribution in [3.8, 4) is 28.3 Å². The standard InChI is InChI=1S/C17H13NO3/c1-12(19)20-15-9-7-13(8-10-15)16-11-17(21-18-16)14-5-3-2-4-6-14/h2-11H,1H3. The number of carbonyl (C=O) groups excluding carboxylic acids is 1. The fourth-order valence-electron chi connectivity index (χ4n) is 2.01. The van der Waals surface area contributed by atoms with Crippen molar-refractivity contribution in [2.75, 3.05) is 0 Å². The van der Waals surface area contributed by atoms with Crippen LogP contribution >= 0.6 is 0 Å². The van der Waals surface area contributed by atoms with Gasteiger partial charge in [-0.25, -0.2) is 0 Å². The number of hydrogen-bond donors (Lipinski definition) is 0. The number of benzene rings is 2. The molecule has 4 heteroatoms. The van der Waals surface area contributed by atoms with Gasteiger partial charge in [-0.05, 0) is 24.3 Å². The van der Waals surface area contributed by atoms with Gasteiger partial charge in [0.25, 0.3) is 0 Å². The maximum absolute atomic E-state index is 10.9. The van der Waals surface area contributed by atoms with E-state index < -0.39 is 0 Å². The van der Waals surface area contributed by atoms with Crippen molar-refractivity contribution in [1.82, 2.24) is 5.16 Å². The monoisotopic (exact) mass is 279 g/mol. The highest BCUT2D eigenvalue weighted by molar-refractivity contribution is 5.70. The van der Waals surface area contributed by atoms with Gasteiger partial charge >= 0.3 is 5.97 Å². The number of carbonyl (C=O) groups is 1. The smallest absolute Gasteiger partial charge is 0.308 e. The van der Waals surface area contributed by atoms with Crippen LogP contribution in [-0.2, 0) is 4.79 Å². The van der Waals surface area contributed by atoms with Gasteiger partial charge in [-0.3, -0.25) is 4.79 Å². The lowest BCUT2D eigenvalue weighted by atomic mass is 10.1. The van der Waals surface area contributed by atoms with Crippen LogP contribution in [-0.4, -0.2) is 11.1 Å². The number of hydrogen-bond acceptors (Lipinski definition) is 4. The van der Waals surface area contributed by atoms with Gasteiger partial charge in [-0.15, -0.1) is 0 Å². The Kier molecular flexibility index (Phi) is 3.51. The highest BCUT2D eigenvalue weighted by Crippen LogP contribution is 2.27. The molecule has 0 atom stereocenters.